The fourth-order valence-corrected chi connectivity index (χ4v) is 2.27. The summed E-state index contributed by atoms with van der Waals surface area (Å²) in [5.74, 6) is 0. The molecule has 1 amide bonds. The highest BCUT2D eigenvalue weighted by molar-refractivity contribution is 5.70. The molecule has 0 aliphatic carbocycles. The number of hydrogen-bond donors (Lipinski definition) is 0. The van der Waals surface area contributed by atoms with Crippen molar-refractivity contribution < 1.29 is 9.53 Å². The quantitative estimate of drug-likeness (QED) is 0.859. The molecule has 1 atom stereocenters. The second-order valence-corrected chi connectivity index (χ2v) is 4.90. The minimum atomic E-state index is -0.238. The molecule has 2 heterocycles. The van der Waals surface area contributed by atoms with Gasteiger partial charge in [0.15, 0.2) is 0 Å². The van der Waals surface area contributed by atoms with Gasteiger partial charge in [-0.05, 0) is 18.1 Å². The van der Waals surface area contributed by atoms with Crippen molar-refractivity contribution in [2.24, 2.45) is 0 Å². The first kappa shape index (κ1) is 12.6. The molecule has 1 aromatic heterocycles. The Labute approximate surface area is 117 Å². The third kappa shape index (κ3) is 2.61. The lowest BCUT2D eigenvalue weighted by Crippen LogP contribution is -2.24. The number of benzene rings is 1. The van der Waals surface area contributed by atoms with Crippen molar-refractivity contribution in [1.29, 1.82) is 0 Å². The molecule has 0 bridgehead atoms. The van der Waals surface area contributed by atoms with E-state index in [0.717, 1.165) is 16.7 Å². The minimum absolute atomic E-state index is 0.0248. The Morgan fingerprint density at radius 1 is 1.20 bits per heavy atom. The average molecular weight is 269 g/mol. The lowest BCUT2D eigenvalue weighted by atomic mass is 10.1. The summed E-state index contributed by atoms with van der Waals surface area (Å²) in [6.07, 6.45) is 4.81. The molecule has 0 unspecified atom stereocenters. The molecular weight excluding hydrogens is 254 g/mol. The zero-order valence-electron chi connectivity index (χ0n) is 11.2. The number of carbonyl (C=O) groups is 1. The summed E-state index contributed by atoms with van der Waals surface area (Å²) >= 11 is 0. The highest BCUT2D eigenvalue weighted by atomic mass is 16.6. The first-order valence-electron chi connectivity index (χ1n) is 6.52. The van der Waals surface area contributed by atoms with E-state index in [1.165, 1.54) is 6.33 Å². The summed E-state index contributed by atoms with van der Waals surface area (Å²) in [7, 11) is 0. The number of aromatic nitrogens is 2. The number of hydrogen-bond acceptors (Lipinski definition) is 4. The van der Waals surface area contributed by atoms with Gasteiger partial charge in [-0.15, -0.1) is 0 Å². The SMILES string of the molecule is C[C@@H]1CN(Cc2ccc(-c3cncnc3)cc2)C(=O)O1. The van der Waals surface area contributed by atoms with Crippen molar-refractivity contribution >= 4 is 6.09 Å². The maximum Gasteiger partial charge on any atom is 0.410 e. The lowest BCUT2D eigenvalue weighted by molar-refractivity contribution is 0.137. The van der Waals surface area contributed by atoms with Gasteiger partial charge in [-0.25, -0.2) is 14.8 Å². The van der Waals surface area contributed by atoms with Crippen LogP contribution in [0.5, 0.6) is 0 Å². The largest absolute Gasteiger partial charge is 0.444 e. The van der Waals surface area contributed by atoms with E-state index in [0.29, 0.717) is 13.1 Å². The zero-order chi connectivity index (χ0) is 13.9. The third-order valence-corrected chi connectivity index (χ3v) is 3.26. The molecule has 1 aliphatic heterocycles. The van der Waals surface area contributed by atoms with E-state index in [1.807, 2.05) is 31.2 Å². The zero-order valence-corrected chi connectivity index (χ0v) is 11.2. The van der Waals surface area contributed by atoms with Crippen molar-refractivity contribution in [3.63, 3.8) is 0 Å². The number of nitrogens with zero attached hydrogens (tertiary/aromatic N) is 3. The first-order valence-corrected chi connectivity index (χ1v) is 6.52. The Kier molecular flexibility index (Phi) is 3.33. The van der Waals surface area contributed by atoms with Gasteiger partial charge in [0.05, 0.1) is 6.54 Å². The fourth-order valence-electron chi connectivity index (χ4n) is 2.27. The minimum Gasteiger partial charge on any atom is -0.444 e. The van der Waals surface area contributed by atoms with Crippen LogP contribution in [0, 0.1) is 0 Å². The molecule has 1 saturated heterocycles. The number of cyclic esters (lactones) is 1. The van der Waals surface area contributed by atoms with Crippen molar-refractivity contribution in [2.75, 3.05) is 6.54 Å². The lowest BCUT2D eigenvalue weighted by Gasteiger charge is -2.12. The summed E-state index contributed by atoms with van der Waals surface area (Å²) in [6.45, 7) is 3.12. The van der Waals surface area contributed by atoms with E-state index in [1.54, 1.807) is 17.3 Å². The van der Waals surface area contributed by atoms with E-state index in [9.17, 15) is 4.79 Å². The molecule has 20 heavy (non-hydrogen) atoms. The van der Waals surface area contributed by atoms with Crippen molar-refractivity contribution in [1.82, 2.24) is 14.9 Å². The Morgan fingerprint density at radius 3 is 2.50 bits per heavy atom. The number of rotatable bonds is 3. The Balaban J connectivity index is 1.72. The van der Waals surface area contributed by atoms with Gasteiger partial charge in [0.1, 0.15) is 12.4 Å². The molecule has 3 rings (SSSR count). The maximum absolute atomic E-state index is 11.6. The second-order valence-electron chi connectivity index (χ2n) is 4.90. The van der Waals surface area contributed by atoms with Crippen LogP contribution in [0.1, 0.15) is 12.5 Å². The Morgan fingerprint density at radius 2 is 1.90 bits per heavy atom. The monoisotopic (exact) mass is 269 g/mol. The van der Waals surface area contributed by atoms with Crippen LogP contribution < -0.4 is 0 Å². The summed E-state index contributed by atoms with van der Waals surface area (Å²) in [5, 5.41) is 0. The van der Waals surface area contributed by atoms with Gasteiger partial charge >= 0.3 is 6.09 Å². The molecule has 1 fully saturated rings. The predicted molar refractivity (Wildman–Crippen MR) is 73.8 cm³/mol. The first-order chi connectivity index (χ1) is 9.72. The normalized spacial score (nSPS) is 18.1. The average Bonchev–Trinajstić information content (AvgIpc) is 2.79. The smallest absolute Gasteiger partial charge is 0.410 e. The van der Waals surface area contributed by atoms with Gasteiger partial charge in [0.2, 0.25) is 0 Å². The van der Waals surface area contributed by atoms with Gasteiger partial charge in [-0.2, -0.15) is 0 Å². The van der Waals surface area contributed by atoms with Crippen LogP contribution in [0.4, 0.5) is 4.79 Å². The van der Waals surface area contributed by atoms with Crippen molar-refractivity contribution in [2.45, 2.75) is 19.6 Å². The van der Waals surface area contributed by atoms with Crippen LogP contribution in [0.3, 0.4) is 0 Å². The van der Waals surface area contributed by atoms with Crippen LogP contribution >= 0.6 is 0 Å². The van der Waals surface area contributed by atoms with E-state index in [4.69, 9.17) is 4.74 Å². The third-order valence-electron chi connectivity index (χ3n) is 3.26. The van der Waals surface area contributed by atoms with Gasteiger partial charge in [0, 0.05) is 24.5 Å². The molecule has 0 N–H and O–H groups in total. The standard InChI is InChI=1S/C15H15N3O2/c1-11-8-18(15(19)20-11)9-12-2-4-13(5-3-12)14-6-16-10-17-7-14/h2-7,10-11H,8-9H2,1H3/t11-/m1/s1. The summed E-state index contributed by atoms with van der Waals surface area (Å²) in [6, 6.07) is 8.05. The summed E-state index contributed by atoms with van der Waals surface area (Å²) in [4.78, 5) is 21.3. The van der Waals surface area contributed by atoms with Gasteiger partial charge < -0.3 is 9.64 Å². The van der Waals surface area contributed by atoms with Crippen LogP contribution in [-0.2, 0) is 11.3 Å². The van der Waals surface area contributed by atoms with Gasteiger partial charge in [-0.1, -0.05) is 24.3 Å². The van der Waals surface area contributed by atoms with Crippen LogP contribution in [0.2, 0.25) is 0 Å². The molecule has 1 aliphatic rings. The highest BCUT2D eigenvalue weighted by Gasteiger charge is 2.27. The molecule has 0 radical (unpaired) electrons. The molecular formula is C15H15N3O2. The Hall–Kier alpha value is -2.43. The fraction of sp³-hybridized carbons (Fsp3) is 0.267. The second kappa shape index (κ2) is 5.28. The molecule has 0 saturated carbocycles. The number of ether oxygens (including phenoxy) is 1. The molecule has 0 spiro atoms. The number of amides is 1. The summed E-state index contributed by atoms with van der Waals surface area (Å²) in [5.41, 5.74) is 3.12. The molecule has 5 nitrogen and oxygen atoms in total. The molecule has 5 heteroatoms. The molecule has 2 aromatic rings. The van der Waals surface area contributed by atoms with Crippen LogP contribution in [0.15, 0.2) is 43.0 Å². The maximum atomic E-state index is 11.6. The van der Waals surface area contributed by atoms with Crippen molar-refractivity contribution in [3.8, 4) is 11.1 Å². The molecule has 1 aromatic carbocycles. The van der Waals surface area contributed by atoms with E-state index in [2.05, 4.69) is 9.97 Å². The predicted octanol–water partition coefficient (Wildman–Crippen LogP) is 2.48. The Bertz CT molecular complexity index is 598. The number of carbonyl (C=O) groups excluding carboxylic acids is 1. The van der Waals surface area contributed by atoms with Crippen LogP contribution in [0.25, 0.3) is 11.1 Å². The van der Waals surface area contributed by atoms with E-state index in [-0.39, 0.29) is 12.2 Å². The highest BCUT2D eigenvalue weighted by Crippen LogP contribution is 2.20. The van der Waals surface area contributed by atoms with Crippen molar-refractivity contribution in [3.05, 3.63) is 48.5 Å². The molecule has 102 valence electrons. The van der Waals surface area contributed by atoms with E-state index < -0.39 is 0 Å². The van der Waals surface area contributed by atoms with Crippen LogP contribution in [-0.4, -0.2) is 33.6 Å². The van der Waals surface area contributed by atoms with E-state index >= 15 is 0 Å². The topological polar surface area (TPSA) is 55.3 Å². The summed E-state index contributed by atoms with van der Waals surface area (Å²) < 4.78 is 5.11. The van der Waals surface area contributed by atoms with Gasteiger partial charge in [0.25, 0.3) is 0 Å². The van der Waals surface area contributed by atoms with Gasteiger partial charge in [-0.3, -0.25) is 0 Å².